The first-order valence-corrected chi connectivity index (χ1v) is 5.72. The van der Waals surface area contributed by atoms with Crippen molar-refractivity contribution in [3.05, 3.63) is 36.7 Å². The Hall–Kier alpha value is -0.180. The molecule has 0 aliphatic carbocycles. The summed E-state index contributed by atoms with van der Waals surface area (Å²) in [7, 11) is 0. The topological polar surface area (TPSA) is 37.3 Å². The molecule has 0 aliphatic rings. The second-order valence-corrected chi connectivity index (χ2v) is 4.71. The lowest BCUT2D eigenvalue weighted by molar-refractivity contribution is -0.131. The maximum atomic E-state index is 13.2. The van der Waals surface area contributed by atoms with Gasteiger partial charge in [0.15, 0.2) is 0 Å². The molecule has 1 rings (SSSR count). The van der Waals surface area contributed by atoms with Crippen LogP contribution in [0.5, 0.6) is 0 Å². The zero-order chi connectivity index (χ0) is 10.7. The lowest BCUT2D eigenvalue weighted by atomic mass is 10.2. The van der Waals surface area contributed by atoms with Gasteiger partial charge in [-0.1, -0.05) is 0 Å². The summed E-state index contributed by atoms with van der Waals surface area (Å²) in [6, 6.07) is 3.04. The van der Waals surface area contributed by atoms with Crippen LogP contribution in [0.25, 0.3) is 6.08 Å². The molecular formula is C9H5FI2O2. The van der Waals surface area contributed by atoms with Crippen molar-refractivity contribution < 1.29 is 14.3 Å². The van der Waals surface area contributed by atoms with Crippen molar-refractivity contribution in [1.82, 2.24) is 0 Å². The molecule has 0 fully saturated rings. The summed E-state index contributed by atoms with van der Waals surface area (Å²) >= 11 is 3.91. The summed E-state index contributed by atoms with van der Waals surface area (Å²) in [4.78, 5) is 10.2. The fourth-order valence-corrected chi connectivity index (χ4v) is 1.77. The molecule has 0 saturated heterocycles. The molecule has 0 radical (unpaired) electrons. The average molecular weight is 418 g/mol. The average Bonchev–Trinajstić information content (AvgIpc) is 2.10. The van der Waals surface area contributed by atoms with E-state index in [4.69, 9.17) is 5.11 Å². The van der Waals surface area contributed by atoms with E-state index in [9.17, 15) is 9.18 Å². The molecule has 0 unspecified atom stereocenters. The number of carboxylic acids is 1. The quantitative estimate of drug-likeness (QED) is 0.456. The monoisotopic (exact) mass is 418 g/mol. The summed E-state index contributed by atoms with van der Waals surface area (Å²) in [5, 5.41) is 8.38. The number of benzene rings is 1. The summed E-state index contributed by atoms with van der Waals surface area (Å²) in [6.45, 7) is 0. The SMILES string of the molecule is O=C(O)/C=C/c1cc(F)c(I)c(I)c1. The van der Waals surface area contributed by atoms with Gasteiger partial charge < -0.3 is 5.11 Å². The van der Waals surface area contributed by atoms with Crippen molar-refractivity contribution in [3.8, 4) is 0 Å². The van der Waals surface area contributed by atoms with Gasteiger partial charge in [-0.25, -0.2) is 9.18 Å². The third-order valence-corrected chi connectivity index (χ3v) is 4.40. The summed E-state index contributed by atoms with van der Waals surface area (Å²) in [5.74, 6) is -1.37. The third-order valence-electron chi connectivity index (χ3n) is 1.42. The first-order valence-electron chi connectivity index (χ1n) is 3.56. The van der Waals surface area contributed by atoms with Crippen LogP contribution in [0.3, 0.4) is 0 Å². The van der Waals surface area contributed by atoms with Crippen molar-refractivity contribution >= 4 is 57.2 Å². The Balaban J connectivity index is 3.07. The Kier molecular flexibility index (Phi) is 4.30. The molecule has 0 spiro atoms. The van der Waals surface area contributed by atoms with Crippen LogP contribution in [-0.4, -0.2) is 11.1 Å². The molecule has 1 N–H and O–H groups in total. The molecule has 0 saturated carbocycles. The molecule has 0 aromatic heterocycles. The highest BCUT2D eigenvalue weighted by Gasteiger charge is 2.04. The smallest absolute Gasteiger partial charge is 0.328 e. The Morgan fingerprint density at radius 1 is 1.43 bits per heavy atom. The van der Waals surface area contributed by atoms with Crippen LogP contribution in [0.15, 0.2) is 18.2 Å². The van der Waals surface area contributed by atoms with E-state index in [-0.39, 0.29) is 5.82 Å². The van der Waals surface area contributed by atoms with E-state index in [2.05, 4.69) is 0 Å². The van der Waals surface area contributed by atoms with E-state index in [1.165, 1.54) is 12.1 Å². The van der Waals surface area contributed by atoms with Gasteiger partial charge in [0.2, 0.25) is 0 Å². The van der Waals surface area contributed by atoms with Crippen LogP contribution in [-0.2, 0) is 4.79 Å². The van der Waals surface area contributed by atoms with Gasteiger partial charge in [-0.15, -0.1) is 0 Å². The largest absolute Gasteiger partial charge is 0.478 e. The van der Waals surface area contributed by atoms with E-state index in [0.717, 1.165) is 9.65 Å². The van der Waals surface area contributed by atoms with Crippen LogP contribution < -0.4 is 0 Å². The number of carboxylic acid groups (broad SMARTS) is 1. The number of hydrogen-bond donors (Lipinski definition) is 1. The molecule has 2 nitrogen and oxygen atoms in total. The van der Waals surface area contributed by atoms with E-state index in [0.29, 0.717) is 9.13 Å². The molecule has 0 atom stereocenters. The van der Waals surface area contributed by atoms with Crippen molar-refractivity contribution in [2.75, 3.05) is 0 Å². The molecular weight excluding hydrogens is 413 g/mol. The first-order chi connectivity index (χ1) is 6.50. The van der Waals surface area contributed by atoms with Gasteiger partial charge in [0.1, 0.15) is 5.82 Å². The van der Waals surface area contributed by atoms with Gasteiger partial charge in [0.05, 0.1) is 3.57 Å². The van der Waals surface area contributed by atoms with E-state index in [1.807, 2.05) is 45.2 Å². The second-order valence-electron chi connectivity index (χ2n) is 2.47. The Morgan fingerprint density at radius 2 is 2.07 bits per heavy atom. The number of aliphatic carboxylic acids is 1. The van der Waals surface area contributed by atoms with Crippen LogP contribution in [0, 0.1) is 13.0 Å². The van der Waals surface area contributed by atoms with Crippen molar-refractivity contribution in [1.29, 1.82) is 0 Å². The van der Waals surface area contributed by atoms with Gasteiger partial charge in [-0.05, 0) is 69.0 Å². The second kappa shape index (κ2) is 5.06. The summed E-state index contributed by atoms with van der Waals surface area (Å²) < 4.78 is 14.5. The standard InChI is InChI=1S/C9H5FI2O2/c10-6-3-5(1-2-8(13)14)4-7(11)9(6)12/h1-4H,(H,13,14)/b2-1+. The Labute approximate surface area is 107 Å². The molecule has 1 aromatic carbocycles. The fraction of sp³-hybridized carbons (Fsp3) is 0. The highest BCUT2D eigenvalue weighted by atomic mass is 127. The van der Waals surface area contributed by atoms with Crippen LogP contribution in [0.1, 0.15) is 5.56 Å². The minimum absolute atomic E-state index is 0.331. The van der Waals surface area contributed by atoms with Crippen molar-refractivity contribution in [3.63, 3.8) is 0 Å². The van der Waals surface area contributed by atoms with Crippen molar-refractivity contribution in [2.45, 2.75) is 0 Å². The van der Waals surface area contributed by atoms with Gasteiger partial charge in [0.25, 0.3) is 0 Å². The summed E-state index contributed by atoms with van der Waals surface area (Å²) in [6.07, 6.45) is 2.35. The van der Waals surface area contributed by atoms with Gasteiger partial charge in [0, 0.05) is 9.65 Å². The highest BCUT2D eigenvalue weighted by molar-refractivity contribution is 14.1. The zero-order valence-corrected chi connectivity index (χ0v) is 11.1. The molecule has 0 amide bonds. The lowest BCUT2D eigenvalue weighted by Crippen LogP contribution is -1.90. The third kappa shape index (κ3) is 3.19. The maximum Gasteiger partial charge on any atom is 0.328 e. The summed E-state index contributed by atoms with van der Waals surface area (Å²) in [5.41, 5.74) is 0.551. The molecule has 74 valence electrons. The first kappa shape index (κ1) is 11.9. The Morgan fingerprint density at radius 3 is 2.57 bits per heavy atom. The minimum atomic E-state index is -1.04. The van der Waals surface area contributed by atoms with Gasteiger partial charge in [-0.3, -0.25) is 0 Å². The number of hydrogen-bond acceptors (Lipinski definition) is 1. The Bertz CT molecular complexity index is 379. The normalized spacial score (nSPS) is 10.8. The van der Waals surface area contributed by atoms with E-state index >= 15 is 0 Å². The van der Waals surface area contributed by atoms with Crippen LogP contribution >= 0.6 is 45.2 Å². The maximum absolute atomic E-state index is 13.2. The fourth-order valence-electron chi connectivity index (χ4n) is 0.839. The molecule has 14 heavy (non-hydrogen) atoms. The predicted molar refractivity (Wildman–Crippen MR) is 68.5 cm³/mol. The molecule has 1 aromatic rings. The predicted octanol–water partition coefficient (Wildman–Crippen LogP) is 3.13. The van der Waals surface area contributed by atoms with E-state index in [1.54, 1.807) is 6.07 Å². The van der Waals surface area contributed by atoms with Gasteiger partial charge in [-0.2, -0.15) is 0 Å². The number of rotatable bonds is 2. The number of halogens is 3. The highest BCUT2D eigenvalue weighted by Crippen LogP contribution is 2.21. The molecule has 0 bridgehead atoms. The minimum Gasteiger partial charge on any atom is -0.478 e. The molecule has 0 aliphatic heterocycles. The zero-order valence-electron chi connectivity index (χ0n) is 6.80. The molecule has 5 heteroatoms. The van der Waals surface area contributed by atoms with E-state index < -0.39 is 5.97 Å². The lowest BCUT2D eigenvalue weighted by Gasteiger charge is -2.00. The van der Waals surface area contributed by atoms with Crippen LogP contribution in [0.2, 0.25) is 0 Å². The number of carbonyl (C=O) groups is 1. The van der Waals surface area contributed by atoms with Crippen LogP contribution in [0.4, 0.5) is 4.39 Å². The molecule has 0 heterocycles. The van der Waals surface area contributed by atoms with Gasteiger partial charge >= 0.3 is 5.97 Å². The van der Waals surface area contributed by atoms with Crippen molar-refractivity contribution in [2.24, 2.45) is 0 Å².